The topological polar surface area (TPSA) is 40.1 Å². The highest BCUT2D eigenvalue weighted by atomic mass is 16.4. The molecule has 3 nitrogen and oxygen atoms in total. The van der Waals surface area contributed by atoms with E-state index in [2.05, 4.69) is 6.58 Å². The molecule has 0 fully saturated rings. The van der Waals surface area contributed by atoms with E-state index in [1.165, 1.54) is 0 Å². The van der Waals surface area contributed by atoms with Crippen LogP contribution < -0.4 is 5.11 Å². The maximum Gasteiger partial charge on any atom is 0.0896 e. The van der Waals surface area contributed by atoms with Crippen LogP contribution in [0.15, 0.2) is 12.2 Å². The fraction of sp³-hybridized carbons (Fsp3) is 0.667. The quantitative estimate of drug-likeness (QED) is 0.433. The Kier molecular flexibility index (Phi) is 3.46. The molecule has 0 aromatic rings. The molecule has 0 heterocycles. The molecule has 0 rings (SSSR count). The standard InChI is InChI=1S/C9H17NO2/c1-7(9(11)12)6-8(2)10(3,4)5/h8H,1,6H2,2-5H3. The molecule has 0 amide bonds. The van der Waals surface area contributed by atoms with Crippen molar-refractivity contribution in [1.82, 2.24) is 0 Å². The lowest BCUT2D eigenvalue weighted by atomic mass is 10.1. The van der Waals surface area contributed by atoms with Crippen molar-refractivity contribution in [3.8, 4) is 0 Å². The zero-order valence-electron chi connectivity index (χ0n) is 8.26. The Labute approximate surface area is 73.9 Å². The van der Waals surface area contributed by atoms with Gasteiger partial charge in [0.2, 0.25) is 0 Å². The minimum Gasteiger partial charge on any atom is -0.545 e. The number of aliphatic carboxylic acids is 1. The molecule has 0 spiro atoms. The molecule has 1 atom stereocenters. The summed E-state index contributed by atoms with van der Waals surface area (Å²) in [6.45, 7) is 5.43. The van der Waals surface area contributed by atoms with Crippen LogP contribution in [-0.4, -0.2) is 37.6 Å². The zero-order chi connectivity index (χ0) is 9.94. The van der Waals surface area contributed by atoms with Gasteiger partial charge in [0, 0.05) is 6.42 Å². The molecule has 0 radical (unpaired) electrons. The minimum atomic E-state index is -1.14. The lowest BCUT2D eigenvalue weighted by molar-refractivity contribution is -0.893. The average Bonchev–Trinajstić information content (AvgIpc) is 1.85. The molecule has 0 aromatic heterocycles. The van der Waals surface area contributed by atoms with E-state index in [0.29, 0.717) is 6.42 Å². The van der Waals surface area contributed by atoms with Crippen LogP contribution in [0.5, 0.6) is 0 Å². The Morgan fingerprint density at radius 2 is 1.92 bits per heavy atom. The normalized spacial score (nSPS) is 14.0. The van der Waals surface area contributed by atoms with E-state index in [1.807, 2.05) is 28.1 Å². The Morgan fingerprint density at radius 3 is 2.17 bits per heavy atom. The van der Waals surface area contributed by atoms with Gasteiger partial charge in [-0.1, -0.05) is 6.58 Å². The first-order valence-corrected chi connectivity index (χ1v) is 3.95. The van der Waals surface area contributed by atoms with Crippen LogP contribution in [0.1, 0.15) is 13.3 Å². The van der Waals surface area contributed by atoms with E-state index < -0.39 is 5.97 Å². The number of rotatable bonds is 4. The van der Waals surface area contributed by atoms with E-state index in [1.54, 1.807) is 0 Å². The second-order valence-corrected chi connectivity index (χ2v) is 4.06. The Bertz CT molecular complexity index is 191. The third-order valence-electron chi connectivity index (χ3n) is 2.15. The van der Waals surface area contributed by atoms with Gasteiger partial charge in [0.15, 0.2) is 0 Å². The van der Waals surface area contributed by atoms with Crippen molar-refractivity contribution in [2.24, 2.45) is 0 Å². The Hall–Kier alpha value is -0.830. The van der Waals surface area contributed by atoms with Crippen LogP contribution >= 0.6 is 0 Å². The lowest BCUT2D eigenvalue weighted by Gasteiger charge is -2.32. The fourth-order valence-corrected chi connectivity index (χ4v) is 0.714. The number of carbonyl (C=O) groups is 1. The third-order valence-corrected chi connectivity index (χ3v) is 2.15. The van der Waals surface area contributed by atoms with Crippen molar-refractivity contribution in [1.29, 1.82) is 0 Å². The average molecular weight is 171 g/mol. The maximum atomic E-state index is 10.3. The summed E-state index contributed by atoms with van der Waals surface area (Å²) in [6, 6.07) is 0.246. The predicted molar refractivity (Wildman–Crippen MR) is 46.3 cm³/mol. The van der Waals surface area contributed by atoms with Gasteiger partial charge in [-0.05, 0) is 12.5 Å². The molecule has 0 aliphatic carbocycles. The highest BCUT2D eigenvalue weighted by Gasteiger charge is 2.18. The summed E-state index contributed by atoms with van der Waals surface area (Å²) in [7, 11) is 6.06. The molecule has 0 aliphatic heterocycles. The van der Waals surface area contributed by atoms with Gasteiger partial charge >= 0.3 is 0 Å². The summed E-state index contributed by atoms with van der Waals surface area (Å²) in [5.41, 5.74) is 0.176. The molecule has 70 valence electrons. The summed E-state index contributed by atoms with van der Waals surface area (Å²) >= 11 is 0. The summed E-state index contributed by atoms with van der Waals surface area (Å²) in [6.07, 6.45) is 0.478. The first-order valence-electron chi connectivity index (χ1n) is 3.95. The van der Waals surface area contributed by atoms with Gasteiger partial charge in [0.05, 0.1) is 33.2 Å². The van der Waals surface area contributed by atoms with Crippen LogP contribution in [0.25, 0.3) is 0 Å². The van der Waals surface area contributed by atoms with Gasteiger partial charge < -0.3 is 14.4 Å². The van der Waals surface area contributed by atoms with Crippen molar-refractivity contribution < 1.29 is 14.4 Å². The molecule has 0 N–H and O–H groups in total. The molecule has 1 unspecified atom stereocenters. The highest BCUT2D eigenvalue weighted by Crippen LogP contribution is 2.11. The molecular weight excluding hydrogens is 154 g/mol. The van der Waals surface area contributed by atoms with Gasteiger partial charge in [0.25, 0.3) is 0 Å². The van der Waals surface area contributed by atoms with Crippen LogP contribution in [0, 0.1) is 0 Å². The molecular formula is C9H17NO2. The van der Waals surface area contributed by atoms with Crippen LogP contribution in [-0.2, 0) is 4.79 Å². The number of hydrogen-bond donors (Lipinski definition) is 0. The molecule has 0 saturated carbocycles. The number of carboxylic acid groups (broad SMARTS) is 1. The van der Waals surface area contributed by atoms with Crippen LogP contribution in [0.4, 0.5) is 0 Å². The van der Waals surface area contributed by atoms with Crippen molar-refractivity contribution in [3.63, 3.8) is 0 Å². The smallest absolute Gasteiger partial charge is 0.0896 e. The molecule has 0 aromatic carbocycles. The van der Waals surface area contributed by atoms with E-state index in [9.17, 15) is 9.90 Å². The van der Waals surface area contributed by atoms with Crippen molar-refractivity contribution in [2.75, 3.05) is 21.1 Å². The van der Waals surface area contributed by atoms with Crippen LogP contribution in [0.3, 0.4) is 0 Å². The van der Waals surface area contributed by atoms with Gasteiger partial charge in [-0.15, -0.1) is 0 Å². The van der Waals surface area contributed by atoms with Gasteiger partial charge in [-0.2, -0.15) is 0 Å². The second-order valence-electron chi connectivity index (χ2n) is 4.06. The molecule has 0 aliphatic rings. The van der Waals surface area contributed by atoms with Crippen LogP contribution in [0.2, 0.25) is 0 Å². The number of carboxylic acids is 1. The predicted octanol–water partition coefficient (Wildman–Crippen LogP) is -0.223. The summed E-state index contributed by atoms with van der Waals surface area (Å²) in [4.78, 5) is 10.3. The number of quaternary nitrogens is 1. The summed E-state index contributed by atoms with van der Waals surface area (Å²) in [5.74, 6) is -1.14. The monoisotopic (exact) mass is 171 g/mol. The summed E-state index contributed by atoms with van der Waals surface area (Å²) < 4.78 is 0.728. The maximum absolute atomic E-state index is 10.3. The fourth-order valence-electron chi connectivity index (χ4n) is 0.714. The Morgan fingerprint density at radius 1 is 1.50 bits per heavy atom. The van der Waals surface area contributed by atoms with E-state index in [-0.39, 0.29) is 11.6 Å². The molecule has 0 bridgehead atoms. The van der Waals surface area contributed by atoms with Crippen molar-refractivity contribution in [3.05, 3.63) is 12.2 Å². The Balaban J connectivity index is 4.11. The number of hydrogen-bond acceptors (Lipinski definition) is 2. The van der Waals surface area contributed by atoms with Crippen molar-refractivity contribution >= 4 is 5.97 Å². The first-order chi connectivity index (χ1) is 5.25. The third kappa shape index (κ3) is 3.53. The second kappa shape index (κ2) is 3.72. The van der Waals surface area contributed by atoms with Gasteiger partial charge in [-0.25, -0.2) is 0 Å². The largest absolute Gasteiger partial charge is 0.545 e. The van der Waals surface area contributed by atoms with E-state index >= 15 is 0 Å². The van der Waals surface area contributed by atoms with Crippen molar-refractivity contribution in [2.45, 2.75) is 19.4 Å². The number of nitrogens with zero attached hydrogens (tertiary/aromatic N) is 1. The van der Waals surface area contributed by atoms with Gasteiger partial charge in [-0.3, -0.25) is 0 Å². The molecule has 12 heavy (non-hydrogen) atoms. The van der Waals surface area contributed by atoms with E-state index in [0.717, 1.165) is 4.48 Å². The molecule has 3 heteroatoms. The summed E-state index contributed by atoms with van der Waals surface area (Å²) in [5, 5.41) is 10.3. The SMILES string of the molecule is C=C(CC(C)[N+](C)(C)C)C(=O)[O-]. The molecule has 0 saturated heterocycles. The lowest BCUT2D eigenvalue weighted by Crippen LogP contribution is -2.44. The number of carbonyl (C=O) groups excluding carboxylic acids is 1. The minimum absolute atomic E-state index is 0.176. The zero-order valence-corrected chi connectivity index (χ0v) is 8.26. The van der Waals surface area contributed by atoms with E-state index in [4.69, 9.17) is 0 Å². The highest BCUT2D eigenvalue weighted by molar-refractivity contribution is 5.83. The first kappa shape index (κ1) is 11.2. The van der Waals surface area contributed by atoms with Gasteiger partial charge in [0.1, 0.15) is 0 Å².